The lowest BCUT2D eigenvalue weighted by Gasteiger charge is -2.08. The fraction of sp³-hybridized carbons (Fsp3) is 0.148. The summed E-state index contributed by atoms with van der Waals surface area (Å²) in [6, 6.07) is 20.7. The maximum Gasteiger partial charge on any atom is 0.283 e. The van der Waals surface area contributed by atoms with Crippen molar-refractivity contribution >= 4 is 33.0 Å². The number of aromatic amines is 1. The number of aliphatic imine (C=N–C) groups is 1. The summed E-state index contributed by atoms with van der Waals surface area (Å²) in [7, 11) is 4.78. The number of fused-ring (bicyclic) bond motifs is 1. The van der Waals surface area contributed by atoms with E-state index in [4.69, 9.17) is 19.2 Å². The van der Waals surface area contributed by atoms with Crippen LogP contribution in [0.4, 0.5) is 5.69 Å². The summed E-state index contributed by atoms with van der Waals surface area (Å²) >= 11 is 1.44. The van der Waals surface area contributed by atoms with Gasteiger partial charge in [0, 0.05) is 11.6 Å². The summed E-state index contributed by atoms with van der Waals surface area (Å²) in [5, 5.41) is 3.83. The molecule has 8 nitrogen and oxygen atoms in total. The first-order valence-corrected chi connectivity index (χ1v) is 12.0. The lowest BCUT2D eigenvalue weighted by molar-refractivity contribution is 0.395. The second-order valence-electron chi connectivity index (χ2n) is 7.93. The number of nitrogens with zero attached hydrogens (tertiary/aromatic N) is 3. The highest BCUT2D eigenvalue weighted by molar-refractivity contribution is 7.20. The van der Waals surface area contributed by atoms with Crippen molar-refractivity contribution < 1.29 is 14.2 Å². The normalized spacial score (nSPS) is 11.6. The maximum absolute atomic E-state index is 13.8. The van der Waals surface area contributed by atoms with E-state index in [9.17, 15) is 4.79 Å². The largest absolute Gasteiger partial charge is 0.497 e. The molecule has 5 rings (SSSR count). The molecule has 0 unspecified atom stereocenters. The molecule has 0 fully saturated rings. The van der Waals surface area contributed by atoms with Crippen LogP contribution < -0.4 is 19.8 Å². The van der Waals surface area contributed by atoms with E-state index in [2.05, 4.69) is 10.1 Å². The fourth-order valence-corrected chi connectivity index (χ4v) is 4.87. The van der Waals surface area contributed by atoms with Crippen LogP contribution in [0.15, 0.2) is 76.5 Å². The third kappa shape index (κ3) is 4.25. The second-order valence-corrected chi connectivity index (χ2v) is 8.94. The molecule has 0 spiro atoms. The Labute approximate surface area is 211 Å². The van der Waals surface area contributed by atoms with Crippen molar-refractivity contribution in [3.63, 3.8) is 0 Å². The first-order valence-electron chi connectivity index (χ1n) is 11.2. The molecule has 36 heavy (non-hydrogen) atoms. The molecule has 1 N–H and O–H groups in total. The van der Waals surface area contributed by atoms with E-state index < -0.39 is 0 Å². The number of benzene rings is 3. The third-order valence-electron chi connectivity index (χ3n) is 5.78. The number of thiazole rings is 1. The van der Waals surface area contributed by atoms with Crippen LogP contribution in [0.3, 0.4) is 0 Å². The molecule has 3 aromatic carbocycles. The minimum atomic E-state index is -0.242. The lowest BCUT2D eigenvalue weighted by Crippen LogP contribution is -2.19. The Hall–Kier alpha value is -4.37. The average Bonchev–Trinajstić information content (AvgIpc) is 3.49. The first-order chi connectivity index (χ1) is 17.5. The zero-order valence-electron chi connectivity index (χ0n) is 20.2. The molecule has 0 saturated carbocycles. The highest BCUT2D eigenvalue weighted by Gasteiger charge is 2.21. The zero-order valence-corrected chi connectivity index (χ0v) is 21.1. The predicted octanol–water partition coefficient (Wildman–Crippen LogP) is 5.61. The van der Waals surface area contributed by atoms with Crippen LogP contribution >= 0.6 is 11.3 Å². The van der Waals surface area contributed by atoms with Crippen LogP contribution in [0.2, 0.25) is 0 Å². The Bertz CT molecular complexity index is 1600. The Morgan fingerprint density at radius 3 is 2.36 bits per heavy atom. The molecule has 0 atom stereocenters. The van der Waals surface area contributed by atoms with Gasteiger partial charge < -0.3 is 14.2 Å². The van der Waals surface area contributed by atoms with Crippen LogP contribution in [-0.2, 0) is 0 Å². The SMILES string of the molecule is COc1ccc(-c2[nH]n(-c3nc4ccccc4s3)c(=O)c2C(C)=Nc2ccc(OC)cc2OC)cc1. The summed E-state index contributed by atoms with van der Waals surface area (Å²) in [6.07, 6.45) is 0. The topological polar surface area (TPSA) is 90.7 Å². The molecular weight excluding hydrogens is 476 g/mol. The molecule has 2 heterocycles. The summed E-state index contributed by atoms with van der Waals surface area (Å²) in [4.78, 5) is 23.2. The molecule has 0 aliphatic carbocycles. The van der Waals surface area contributed by atoms with Gasteiger partial charge in [0.15, 0.2) is 0 Å². The van der Waals surface area contributed by atoms with Gasteiger partial charge in [-0.25, -0.2) is 9.98 Å². The van der Waals surface area contributed by atoms with Crippen LogP contribution in [0.5, 0.6) is 17.2 Å². The highest BCUT2D eigenvalue weighted by atomic mass is 32.1. The lowest BCUT2D eigenvalue weighted by atomic mass is 10.0. The van der Waals surface area contributed by atoms with Gasteiger partial charge in [-0.2, -0.15) is 4.68 Å². The summed E-state index contributed by atoms with van der Waals surface area (Å²) < 4.78 is 18.6. The number of hydrogen-bond donors (Lipinski definition) is 1. The molecule has 9 heteroatoms. The minimum Gasteiger partial charge on any atom is -0.497 e. The van der Waals surface area contributed by atoms with E-state index in [1.807, 2.05) is 55.5 Å². The Morgan fingerprint density at radius 1 is 0.944 bits per heavy atom. The van der Waals surface area contributed by atoms with Crippen LogP contribution in [-0.4, -0.2) is 41.8 Å². The van der Waals surface area contributed by atoms with Gasteiger partial charge in [0.2, 0.25) is 5.13 Å². The van der Waals surface area contributed by atoms with E-state index >= 15 is 0 Å². The van der Waals surface area contributed by atoms with E-state index in [0.29, 0.717) is 39.3 Å². The van der Waals surface area contributed by atoms with Gasteiger partial charge in [-0.1, -0.05) is 23.5 Å². The second kappa shape index (κ2) is 9.71. The number of hydrogen-bond acceptors (Lipinski definition) is 7. The Balaban J connectivity index is 1.69. The van der Waals surface area contributed by atoms with Crippen molar-refractivity contribution in [2.24, 2.45) is 4.99 Å². The summed E-state index contributed by atoms with van der Waals surface area (Å²) in [6.45, 7) is 1.81. The molecule has 2 aromatic heterocycles. The molecule has 0 saturated heterocycles. The van der Waals surface area contributed by atoms with Crippen molar-refractivity contribution in [1.29, 1.82) is 0 Å². The van der Waals surface area contributed by atoms with Gasteiger partial charge in [0.05, 0.1) is 48.5 Å². The van der Waals surface area contributed by atoms with Crippen molar-refractivity contribution in [2.45, 2.75) is 6.92 Å². The number of nitrogens with one attached hydrogen (secondary N) is 1. The number of methoxy groups -OCH3 is 3. The first kappa shape index (κ1) is 23.4. The monoisotopic (exact) mass is 500 g/mol. The molecule has 5 aromatic rings. The molecular formula is C27H24N4O4S. The van der Waals surface area contributed by atoms with Crippen molar-refractivity contribution in [1.82, 2.24) is 14.8 Å². The van der Waals surface area contributed by atoms with Crippen molar-refractivity contribution in [3.8, 4) is 33.6 Å². The Morgan fingerprint density at radius 2 is 1.67 bits per heavy atom. The van der Waals surface area contributed by atoms with Gasteiger partial charge in [0.25, 0.3) is 5.56 Å². The summed E-state index contributed by atoms with van der Waals surface area (Å²) in [5.74, 6) is 1.92. The van der Waals surface area contributed by atoms with E-state index in [1.54, 1.807) is 39.5 Å². The van der Waals surface area contributed by atoms with Crippen LogP contribution in [0.1, 0.15) is 12.5 Å². The molecule has 0 aliphatic heterocycles. The van der Waals surface area contributed by atoms with Crippen LogP contribution in [0, 0.1) is 0 Å². The third-order valence-corrected chi connectivity index (χ3v) is 6.80. The molecule has 0 radical (unpaired) electrons. The number of aromatic nitrogens is 3. The van der Waals surface area contributed by atoms with E-state index in [1.165, 1.54) is 16.0 Å². The number of H-pyrrole nitrogens is 1. The Kier molecular flexibility index (Phi) is 6.30. The molecule has 0 bridgehead atoms. The van der Waals surface area contributed by atoms with E-state index in [0.717, 1.165) is 21.5 Å². The quantitative estimate of drug-likeness (QED) is 0.293. The van der Waals surface area contributed by atoms with E-state index in [-0.39, 0.29) is 5.56 Å². The van der Waals surface area contributed by atoms with Gasteiger partial charge in [0.1, 0.15) is 22.9 Å². The van der Waals surface area contributed by atoms with Crippen molar-refractivity contribution in [3.05, 3.63) is 82.6 Å². The zero-order chi connectivity index (χ0) is 25.2. The standard InChI is InChI=1S/C27H24N4O4S/c1-16(28-20-14-13-19(34-3)15-22(20)35-4)24-25(17-9-11-18(33-2)12-10-17)30-31(26(24)32)27-29-21-7-5-6-8-23(21)36-27/h5-15,30H,1-4H3. The smallest absolute Gasteiger partial charge is 0.283 e. The van der Waals surface area contributed by atoms with Crippen LogP contribution in [0.25, 0.3) is 26.6 Å². The van der Waals surface area contributed by atoms with Gasteiger partial charge in [-0.3, -0.25) is 9.89 Å². The van der Waals surface area contributed by atoms with Gasteiger partial charge >= 0.3 is 0 Å². The molecule has 0 amide bonds. The molecule has 182 valence electrons. The minimum absolute atomic E-state index is 0.242. The van der Waals surface area contributed by atoms with Crippen molar-refractivity contribution in [2.75, 3.05) is 21.3 Å². The maximum atomic E-state index is 13.8. The van der Waals surface area contributed by atoms with Gasteiger partial charge in [-0.15, -0.1) is 0 Å². The number of ether oxygens (including phenoxy) is 3. The highest BCUT2D eigenvalue weighted by Crippen LogP contribution is 2.33. The molecule has 0 aliphatic rings. The number of rotatable bonds is 7. The summed E-state index contributed by atoms with van der Waals surface area (Å²) in [5.41, 5.74) is 3.61. The average molecular weight is 501 g/mol. The fourth-order valence-electron chi connectivity index (χ4n) is 3.94. The van der Waals surface area contributed by atoms with Gasteiger partial charge in [-0.05, 0) is 55.5 Å². The predicted molar refractivity (Wildman–Crippen MR) is 143 cm³/mol. The number of para-hydroxylation sites is 1.